The van der Waals surface area contributed by atoms with Crippen LogP contribution in [0.5, 0.6) is 0 Å². The third-order valence-corrected chi connectivity index (χ3v) is 18.3. The number of amides is 5. The highest BCUT2D eigenvalue weighted by molar-refractivity contribution is 6.09. The van der Waals surface area contributed by atoms with Gasteiger partial charge in [-0.05, 0) is 152 Å². The van der Waals surface area contributed by atoms with Crippen LogP contribution in [-0.2, 0) is 29.4 Å². The summed E-state index contributed by atoms with van der Waals surface area (Å²) in [7, 11) is 0. The molecule has 5 amide bonds. The second-order valence-corrected chi connectivity index (χ2v) is 23.3. The van der Waals surface area contributed by atoms with Crippen LogP contribution in [-0.4, -0.2) is 135 Å². The smallest absolute Gasteiger partial charge is 0.238 e. The summed E-state index contributed by atoms with van der Waals surface area (Å²) < 4.78 is 2.20. The van der Waals surface area contributed by atoms with Gasteiger partial charge in [-0.15, -0.1) is 0 Å². The lowest BCUT2D eigenvalue weighted by atomic mass is 9.73. The highest BCUT2D eigenvalue weighted by Crippen LogP contribution is 2.52. The zero-order valence-electron chi connectivity index (χ0n) is 42.9. The maximum absolute atomic E-state index is 15.3. The zero-order chi connectivity index (χ0) is 50.0. The number of benzene rings is 1. The van der Waals surface area contributed by atoms with E-state index in [4.69, 9.17) is 9.97 Å². The fourth-order valence-corrected chi connectivity index (χ4v) is 13.5. The average molecular weight is 992 g/mol. The lowest BCUT2D eigenvalue weighted by Gasteiger charge is -2.48. The predicted octanol–water partition coefficient (Wildman–Crippen LogP) is 7.19. The van der Waals surface area contributed by atoms with Crippen LogP contribution in [0.1, 0.15) is 140 Å². The quantitative estimate of drug-likeness (QED) is 0.138. The summed E-state index contributed by atoms with van der Waals surface area (Å²) in [4.78, 5) is 93.5. The lowest BCUT2D eigenvalue weighted by molar-refractivity contribution is -0.144. The molecule has 2 aliphatic carbocycles. The minimum absolute atomic E-state index is 0.116. The number of nitrogens with zero attached hydrogens (tertiary/aromatic N) is 9. The number of imide groups is 1. The number of rotatable bonds is 12. The second kappa shape index (κ2) is 19.7. The first kappa shape index (κ1) is 48.1. The molecule has 12 rings (SSSR count). The number of anilines is 3. The van der Waals surface area contributed by atoms with E-state index >= 15 is 4.79 Å². The van der Waals surface area contributed by atoms with Gasteiger partial charge in [-0.25, -0.2) is 15.0 Å². The fraction of sp³-hybridized carbons (Fsp3) is 0.614. The van der Waals surface area contributed by atoms with Crippen molar-refractivity contribution >= 4 is 57.9 Å². The van der Waals surface area contributed by atoms with Gasteiger partial charge in [0.1, 0.15) is 11.3 Å². The Morgan fingerprint density at radius 3 is 2.33 bits per heavy atom. The van der Waals surface area contributed by atoms with Gasteiger partial charge in [0, 0.05) is 94.2 Å². The molecule has 2 saturated carbocycles. The van der Waals surface area contributed by atoms with Gasteiger partial charge in [-0.2, -0.15) is 0 Å². The van der Waals surface area contributed by atoms with Crippen LogP contribution in [0.25, 0.3) is 22.3 Å². The summed E-state index contributed by atoms with van der Waals surface area (Å²) >= 11 is 0. The number of aromatic nitrogens is 4. The van der Waals surface area contributed by atoms with Gasteiger partial charge in [0.2, 0.25) is 29.5 Å². The number of hydrogen-bond acceptors (Lipinski definition) is 11. The van der Waals surface area contributed by atoms with Gasteiger partial charge in [0.15, 0.2) is 5.82 Å². The van der Waals surface area contributed by atoms with Crippen LogP contribution in [0.2, 0.25) is 0 Å². The monoisotopic (exact) mass is 992 g/mol. The van der Waals surface area contributed by atoms with Crippen LogP contribution < -0.4 is 20.4 Å². The van der Waals surface area contributed by atoms with E-state index in [9.17, 15) is 19.2 Å². The Labute approximate surface area is 429 Å². The average Bonchev–Trinajstić information content (AvgIpc) is 4.09. The van der Waals surface area contributed by atoms with Crippen molar-refractivity contribution in [1.29, 1.82) is 0 Å². The van der Waals surface area contributed by atoms with Gasteiger partial charge < -0.3 is 34.4 Å². The Bertz CT molecular complexity index is 2760. The van der Waals surface area contributed by atoms with Gasteiger partial charge in [-0.1, -0.05) is 24.6 Å². The van der Waals surface area contributed by atoms with E-state index in [1.807, 2.05) is 28.3 Å². The van der Waals surface area contributed by atoms with E-state index < -0.39 is 5.41 Å². The first-order chi connectivity index (χ1) is 35.5. The van der Waals surface area contributed by atoms with Crippen LogP contribution in [0.3, 0.4) is 0 Å². The number of nitrogens with one attached hydrogen (secondary N) is 2. The zero-order valence-corrected chi connectivity index (χ0v) is 42.9. The number of hydrogen-bond donors (Lipinski definition) is 2. The number of carbonyl (C=O) groups excluding carboxylic acids is 5. The minimum atomic E-state index is -0.690. The van der Waals surface area contributed by atoms with Crippen LogP contribution in [0, 0.1) is 17.8 Å². The standard InChI is InChI=1S/C57H73N11O5/c1-36(2)67-35-60-47-31-46(61-53(52(47)67)59-32-38-8-9-38)39-10-13-45-48(28-39)68(43-29-42(30-43)63-20-4-3-5-21-63)56(73)57(45)18-25-65(26-19-57)55(72)41-7-6-22-66(34-41)51(70)27-37-16-23-64(24-17-37)49-14-11-40(33-58-49)44-12-15-50(69)62-54(44)71/h10-11,13-14,28,31,33,35-38,41-44H,3-9,12,15-27,29-30,32,34H2,1-2H3,(H,59,61)(H,62,69,71)/t41-,42?,43?,44?/m0/s1. The third-order valence-electron chi connectivity index (χ3n) is 18.3. The van der Waals surface area contributed by atoms with E-state index in [0.29, 0.717) is 70.2 Å². The topological polar surface area (TPSA) is 169 Å². The number of likely N-dealkylation sites (tertiary alicyclic amines) is 3. The van der Waals surface area contributed by atoms with E-state index in [1.165, 1.54) is 32.1 Å². The summed E-state index contributed by atoms with van der Waals surface area (Å²) in [6.07, 6.45) is 17.8. The Morgan fingerprint density at radius 1 is 0.808 bits per heavy atom. The van der Waals surface area contributed by atoms with Crippen molar-refractivity contribution in [3.05, 3.63) is 60.0 Å². The molecule has 1 unspecified atom stereocenters. The van der Waals surface area contributed by atoms with Gasteiger partial charge in [0.05, 0.1) is 34.8 Å². The van der Waals surface area contributed by atoms with E-state index in [1.54, 1.807) is 6.20 Å². The van der Waals surface area contributed by atoms with Crippen molar-refractivity contribution in [2.24, 2.45) is 17.8 Å². The first-order valence-electron chi connectivity index (χ1n) is 27.9. The molecule has 6 aliphatic heterocycles. The molecule has 4 aromatic rings. The molecule has 2 atom stereocenters. The Kier molecular flexibility index (Phi) is 13.0. The fourth-order valence-electron chi connectivity index (χ4n) is 13.5. The molecule has 16 nitrogen and oxygen atoms in total. The number of pyridine rings is 2. The lowest BCUT2D eigenvalue weighted by Crippen LogP contribution is -2.58. The highest BCUT2D eigenvalue weighted by Gasteiger charge is 2.56. The molecule has 1 spiro atoms. The molecule has 3 aromatic heterocycles. The van der Waals surface area contributed by atoms with Crippen LogP contribution in [0.4, 0.5) is 17.3 Å². The van der Waals surface area contributed by atoms with Crippen molar-refractivity contribution in [2.45, 2.75) is 146 Å². The Hall–Kier alpha value is -5.90. The maximum atomic E-state index is 15.3. The Balaban J connectivity index is 0.704. The maximum Gasteiger partial charge on any atom is 0.238 e. The summed E-state index contributed by atoms with van der Waals surface area (Å²) in [6, 6.07) is 13.5. The van der Waals surface area contributed by atoms with Crippen LogP contribution >= 0.6 is 0 Å². The molecular formula is C57H73N11O5. The summed E-state index contributed by atoms with van der Waals surface area (Å²) in [5, 5.41) is 6.13. The van der Waals surface area contributed by atoms with Gasteiger partial charge >= 0.3 is 0 Å². The minimum Gasteiger partial charge on any atom is -0.368 e. The van der Waals surface area contributed by atoms with Crippen molar-refractivity contribution in [3.63, 3.8) is 0 Å². The molecule has 8 aliphatic rings. The Morgan fingerprint density at radius 2 is 1.60 bits per heavy atom. The highest BCUT2D eigenvalue weighted by atomic mass is 16.2. The predicted molar refractivity (Wildman–Crippen MR) is 280 cm³/mol. The van der Waals surface area contributed by atoms with Crippen molar-refractivity contribution in [2.75, 3.05) is 74.0 Å². The molecule has 7 fully saturated rings. The molecule has 386 valence electrons. The van der Waals surface area contributed by atoms with Gasteiger partial charge in [-0.3, -0.25) is 29.3 Å². The van der Waals surface area contributed by atoms with Crippen molar-refractivity contribution in [3.8, 4) is 11.3 Å². The first-order valence-corrected chi connectivity index (χ1v) is 27.9. The van der Waals surface area contributed by atoms with E-state index in [0.717, 1.165) is 122 Å². The van der Waals surface area contributed by atoms with Crippen LogP contribution in [0.15, 0.2) is 48.9 Å². The van der Waals surface area contributed by atoms with E-state index in [2.05, 4.69) is 73.0 Å². The summed E-state index contributed by atoms with van der Waals surface area (Å²) in [5.41, 5.74) is 6.01. The van der Waals surface area contributed by atoms with Crippen molar-refractivity contribution in [1.82, 2.24) is 39.5 Å². The molecule has 1 aromatic carbocycles. The molecular weight excluding hydrogens is 919 g/mol. The largest absolute Gasteiger partial charge is 0.368 e. The number of fused-ring (bicyclic) bond motifs is 3. The molecule has 9 heterocycles. The molecule has 16 heteroatoms. The summed E-state index contributed by atoms with van der Waals surface area (Å²) in [6.45, 7) is 11.3. The molecule has 5 saturated heterocycles. The van der Waals surface area contributed by atoms with Gasteiger partial charge in [0.25, 0.3) is 0 Å². The normalized spacial score (nSPS) is 25.9. The molecule has 0 radical (unpaired) electrons. The number of carbonyl (C=O) groups is 5. The second-order valence-electron chi connectivity index (χ2n) is 23.3. The molecule has 0 bridgehead atoms. The van der Waals surface area contributed by atoms with Crippen molar-refractivity contribution < 1.29 is 24.0 Å². The number of imidazole rings is 1. The molecule has 73 heavy (non-hydrogen) atoms. The SMILES string of the molecule is CC(C)n1cnc2cc(-c3ccc4c(c3)N(C3CC(N5CCCCC5)C3)C(=O)C43CCN(C(=O)[C@H]4CCCN(C(=O)CC5CCN(c6ccc(C7CCC(=O)NC7=O)cn6)CC5)C4)CC3)nc(NCC3CC3)c21. The third kappa shape index (κ3) is 9.28. The number of piperidine rings is 5. The summed E-state index contributed by atoms with van der Waals surface area (Å²) in [5.74, 6) is 2.04. The van der Waals surface area contributed by atoms with E-state index in [-0.39, 0.29) is 59.4 Å². The molecule has 2 N–H and O–H groups in total.